The minimum atomic E-state index is -0.679. The Labute approximate surface area is 126 Å². The molecule has 110 valence electrons. The zero-order valence-electron chi connectivity index (χ0n) is 11.4. The van der Waals surface area contributed by atoms with Crippen LogP contribution in [-0.4, -0.2) is 22.4 Å². The average Bonchev–Trinajstić information content (AvgIpc) is 2.50. The Hall–Kier alpha value is -2.21. The highest BCUT2D eigenvalue weighted by Gasteiger charge is 2.12. The van der Waals surface area contributed by atoms with Crippen molar-refractivity contribution in [1.82, 2.24) is 9.97 Å². The molecule has 21 heavy (non-hydrogen) atoms. The van der Waals surface area contributed by atoms with Crippen molar-refractivity contribution in [2.75, 3.05) is 17.2 Å². The van der Waals surface area contributed by atoms with Gasteiger partial charge in [0.25, 0.3) is 5.91 Å². The molecule has 7 heteroatoms. The second-order valence-corrected chi connectivity index (χ2v) is 4.68. The van der Waals surface area contributed by atoms with Gasteiger partial charge in [0.15, 0.2) is 5.82 Å². The fourth-order valence-corrected chi connectivity index (χ4v) is 1.75. The van der Waals surface area contributed by atoms with Crippen molar-refractivity contribution in [1.29, 1.82) is 0 Å². The van der Waals surface area contributed by atoms with E-state index in [1.165, 1.54) is 24.5 Å². The zero-order chi connectivity index (χ0) is 15.2. The van der Waals surface area contributed by atoms with Gasteiger partial charge < -0.3 is 10.6 Å². The molecule has 0 bridgehead atoms. The zero-order valence-corrected chi connectivity index (χ0v) is 12.1. The molecule has 1 aromatic heterocycles. The predicted octanol–water partition coefficient (Wildman–Crippen LogP) is 3.34. The molecule has 0 saturated heterocycles. The number of carbonyl (C=O) groups excluding carboxylic acids is 1. The van der Waals surface area contributed by atoms with E-state index in [-0.39, 0.29) is 16.4 Å². The van der Waals surface area contributed by atoms with E-state index in [4.69, 9.17) is 11.6 Å². The van der Waals surface area contributed by atoms with Crippen LogP contribution in [0, 0.1) is 5.82 Å². The monoisotopic (exact) mass is 308 g/mol. The average molecular weight is 309 g/mol. The third-order valence-corrected chi connectivity index (χ3v) is 2.93. The summed E-state index contributed by atoms with van der Waals surface area (Å²) in [6.07, 6.45) is 3.74. The molecular formula is C14H14ClFN4O. The Balaban J connectivity index is 2.08. The molecule has 0 saturated carbocycles. The second kappa shape index (κ2) is 6.99. The summed E-state index contributed by atoms with van der Waals surface area (Å²) in [5.41, 5.74) is 0.0962. The molecule has 1 amide bonds. The van der Waals surface area contributed by atoms with Crippen LogP contribution < -0.4 is 10.6 Å². The van der Waals surface area contributed by atoms with Gasteiger partial charge in [0.2, 0.25) is 0 Å². The predicted molar refractivity (Wildman–Crippen MR) is 80.2 cm³/mol. The topological polar surface area (TPSA) is 66.9 Å². The second-order valence-electron chi connectivity index (χ2n) is 4.27. The largest absolute Gasteiger partial charge is 0.369 e. The van der Waals surface area contributed by atoms with Crippen LogP contribution in [-0.2, 0) is 0 Å². The Morgan fingerprint density at radius 2 is 2.14 bits per heavy atom. The van der Waals surface area contributed by atoms with Crippen LogP contribution in [0.2, 0.25) is 5.02 Å². The van der Waals surface area contributed by atoms with Gasteiger partial charge in [0.05, 0.1) is 23.1 Å². The number of anilines is 2. The van der Waals surface area contributed by atoms with Crippen molar-refractivity contribution in [3.63, 3.8) is 0 Å². The van der Waals surface area contributed by atoms with Crippen molar-refractivity contribution in [3.8, 4) is 0 Å². The lowest BCUT2D eigenvalue weighted by Gasteiger charge is -2.07. The van der Waals surface area contributed by atoms with E-state index in [1.54, 1.807) is 6.07 Å². The van der Waals surface area contributed by atoms with Gasteiger partial charge in [-0.1, -0.05) is 24.6 Å². The van der Waals surface area contributed by atoms with E-state index in [0.717, 1.165) is 13.0 Å². The number of carbonyl (C=O) groups is 1. The lowest BCUT2D eigenvalue weighted by Crippen LogP contribution is -2.15. The van der Waals surface area contributed by atoms with Crippen molar-refractivity contribution in [3.05, 3.63) is 47.1 Å². The highest BCUT2D eigenvalue weighted by atomic mass is 35.5. The summed E-state index contributed by atoms with van der Waals surface area (Å²) in [6.45, 7) is 2.80. The summed E-state index contributed by atoms with van der Waals surface area (Å²) in [5.74, 6) is -0.644. The maximum atomic E-state index is 13.7. The fourth-order valence-electron chi connectivity index (χ4n) is 1.58. The third-order valence-electron chi connectivity index (χ3n) is 2.64. The van der Waals surface area contributed by atoms with Crippen LogP contribution >= 0.6 is 11.6 Å². The van der Waals surface area contributed by atoms with Gasteiger partial charge in [-0.3, -0.25) is 4.79 Å². The maximum Gasteiger partial charge on any atom is 0.275 e. The van der Waals surface area contributed by atoms with Crippen LogP contribution in [0.25, 0.3) is 0 Å². The van der Waals surface area contributed by atoms with E-state index in [9.17, 15) is 9.18 Å². The molecule has 0 atom stereocenters. The standard InChI is InChI=1S/C14H14ClFN4O/c1-2-6-17-12-8-18-11(7-19-12)14(21)20-10-5-3-4-9(15)13(10)16/h3-5,7-8H,2,6H2,1H3,(H,17,19)(H,20,21). The minimum Gasteiger partial charge on any atom is -0.369 e. The summed E-state index contributed by atoms with van der Waals surface area (Å²) < 4.78 is 13.7. The molecule has 2 rings (SSSR count). The van der Waals surface area contributed by atoms with Crippen LogP contribution in [0.1, 0.15) is 23.8 Å². The molecule has 0 aliphatic carbocycles. The summed E-state index contributed by atoms with van der Waals surface area (Å²) in [5, 5.41) is 5.40. The van der Waals surface area contributed by atoms with E-state index in [2.05, 4.69) is 20.6 Å². The van der Waals surface area contributed by atoms with Gasteiger partial charge in [-0.15, -0.1) is 0 Å². The number of benzene rings is 1. The maximum absolute atomic E-state index is 13.7. The Morgan fingerprint density at radius 1 is 1.33 bits per heavy atom. The van der Waals surface area contributed by atoms with Gasteiger partial charge in [0, 0.05) is 6.54 Å². The molecule has 1 heterocycles. The Kier molecular flexibility index (Phi) is 5.05. The van der Waals surface area contributed by atoms with Gasteiger partial charge >= 0.3 is 0 Å². The van der Waals surface area contributed by atoms with Crippen molar-refractivity contribution < 1.29 is 9.18 Å². The molecule has 5 nitrogen and oxygen atoms in total. The molecule has 1 aromatic carbocycles. The van der Waals surface area contributed by atoms with Crippen molar-refractivity contribution in [2.24, 2.45) is 0 Å². The summed E-state index contributed by atoms with van der Waals surface area (Å²) in [4.78, 5) is 20.0. The van der Waals surface area contributed by atoms with E-state index < -0.39 is 11.7 Å². The molecule has 0 aliphatic rings. The van der Waals surface area contributed by atoms with E-state index in [1.807, 2.05) is 6.92 Å². The van der Waals surface area contributed by atoms with Crippen LogP contribution in [0.5, 0.6) is 0 Å². The number of hydrogen-bond acceptors (Lipinski definition) is 4. The number of hydrogen-bond donors (Lipinski definition) is 2. The van der Waals surface area contributed by atoms with Crippen LogP contribution in [0.3, 0.4) is 0 Å². The van der Waals surface area contributed by atoms with Gasteiger partial charge in [0.1, 0.15) is 11.5 Å². The van der Waals surface area contributed by atoms with Gasteiger partial charge in [-0.25, -0.2) is 14.4 Å². The normalized spacial score (nSPS) is 10.2. The summed E-state index contributed by atoms with van der Waals surface area (Å²) in [7, 11) is 0. The van der Waals surface area contributed by atoms with Gasteiger partial charge in [-0.05, 0) is 18.6 Å². The Morgan fingerprint density at radius 3 is 2.81 bits per heavy atom. The van der Waals surface area contributed by atoms with Gasteiger partial charge in [-0.2, -0.15) is 0 Å². The minimum absolute atomic E-state index is 0.00230. The van der Waals surface area contributed by atoms with Crippen LogP contribution in [0.4, 0.5) is 15.9 Å². The first-order valence-corrected chi connectivity index (χ1v) is 6.81. The number of halogens is 2. The first-order valence-electron chi connectivity index (χ1n) is 6.43. The highest BCUT2D eigenvalue weighted by Crippen LogP contribution is 2.22. The summed E-state index contributed by atoms with van der Waals surface area (Å²) in [6, 6.07) is 4.37. The molecule has 0 unspecified atom stereocenters. The SMILES string of the molecule is CCCNc1cnc(C(=O)Nc2cccc(Cl)c2F)cn1. The highest BCUT2D eigenvalue weighted by molar-refractivity contribution is 6.31. The molecule has 0 fully saturated rings. The first kappa shape index (κ1) is 15.2. The van der Waals surface area contributed by atoms with Crippen molar-refractivity contribution >= 4 is 29.0 Å². The number of amides is 1. The summed E-state index contributed by atoms with van der Waals surface area (Å²) >= 11 is 5.65. The molecule has 0 spiro atoms. The van der Waals surface area contributed by atoms with Crippen molar-refractivity contribution in [2.45, 2.75) is 13.3 Å². The number of rotatable bonds is 5. The molecule has 0 radical (unpaired) electrons. The lowest BCUT2D eigenvalue weighted by molar-refractivity contribution is 0.102. The lowest BCUT2D eigenvalue weighted by atomic mass is 10.3. The molecule has 0 aliphatic heterocycles. The fraction of sp³-hybridized carbons (Fsp3) is 0.214. The number of nitrogens with zero attached hydrogens (tertiary/aromatic N) is 2. The van der Waals surface area contributed by atoms with Crippen LogP contribution in [0.15, 0.2) is 30.6 Å². The quantitative estimate of drug-likeness (QED) is 0.889. The smallest absolute Gasteiger partial charge is 0.275 e. The first-order chi connectivity index (χ1) is 10.1. The third kappa shape index (κ3) is 3.88. The number of nitrogens with one attached hydrogen (secondary N) is 2. The number of aromatic nitrogens is 2. The van der Waals surface area contributed by atoms with E-state index >= 15 is 0 Å². The molecular weight excluding hydrogens is 295 g/mol. The molecule has 2 aromatic rings. The Bertz CT molecular complexity index is 633. The van der Waals surface area contributed by atoms with E-state index in [0.29, 0.717) is 5.82 Å². The molecule has 2 N–H and O–H groups in total.